The Morgan fingerprint density at radius 2 is 1.84 bits per heavy atom. The van der Waals surface area contributed by atoms with Gasteiger partial charge in [0.2, 0.25) is 0 Å². The second kappa shape index (κ2) is 4.92. The lowest BCUT2D eigenvalue weighted by atomic mass is 10.0. The molecule has 3 nitrogen and oxygen atoms in total. The van der Waals surface area contributed by atoms with Gasteiger partial charge in [0.15, 0.2) is 0 Å². The van der Waals surface area contributed by atoms with Gasteiger partial charge in [-0.15, -0.1) is 0 Å². The van der Waals surface area contributed by atoms with E-state index in [-0.39, 0.29) is 6.04 Å². The van der Waals surface area contributed by atoms with Crippen molar-refractivity contribution < 1.29 is 9.90 Å². The summed E-state index contributed by atoms with van der Waals surface area (Å²) in [7, 11) is 0. The van der Waals surface area contributed by atoms with E-state index in [0.29, 0.717) is 5.69 Å². The molecule has 19 heavy (non-hydrogen) atoms. The number of aromatic carboxylic acids is 1. The number of carbonyl (C=O) groups is 1. The predicted octanol–water partition coefficient (Wildman–Crippen LogP) is 4.05. The molecule has 0 spiro atoms. The summed E-state index contributed by atoms with van der Waals surface area (Å²) in [5.74, 6) is -0.885. The molecule has 0 unspecified atom stereocenters. The number of hydrogen-bond acceptors (Lipinski definition) is 1. The Bertz CT molecular complexity index is 624. The van der Waals surface area contributed by atoms with Crippen LogP contribution in [-0.2, 0) is 0 Å². The Balaban J connectivity index is 2.65. The fourth-order valence-corrected chi connectivity index (χ4v) is 2.50. The summed E-state index contributed by atoms with van der Waals surface area (Å²) in [6, 6.07) is 9.91. The predicted molar refractivity (Wildman–Crippen MR) is 76.7 cm³/mol. The van der Waals surface area contributed by atoms with E-state index in [9.17, 15) is 9.90 Å². The zero-order valence-electron chi connectivity index (χ0n) is 11.8. The maximum Gasteiger partial charge on any atom is 0.352 e. The lowest BCUT2D eigenvalue weighted by Crippen LogP contribution is -2.11. The molecular weight excluding hydrogens is 238 g/mol. The van der Waals surface area contributed by atoms with Gasteiger partial charge in [0, 0.05) is 17.3 Å². The van der Waals surface area contributed by atoms with Crippen LogP contribution < -0.4 is 0 Å². The molecule has 0 fully saturated rings. The molecule has 2 rings (SSSR count). The SMILES string of the molecule is Cc1ccc(-c2ccc(C(=O)O)n2C(C)C)c(C)c1. The lowest BCUT2D eigenvalue weighted by molar-refractivity contribution is 0.0683. The van der Waals surface area contributed by atoms with E-state index in [1.807, 2.05) is 24.5 Å². The third-order valence-electron chi connectivity index (χ3n) is 3.31. The van der Waals surface area contributed by atoms with E-state index in [0.717, 1.165) is 16.8 Å². The van der Waals surface area contributed by atoms with Gasteiger partial charge in [0.1, 0.15) is 5.69 Å². The maximum atomic E-state index is 11.3. The van der Waals surface area contributed by atoms with Gasteiger partial charge in [-0.25, -0.2) is 4.79 Å². The lowest BCUT2D eigenvalue weighted by Gasteiger charge is -2.17. The van der Waals surface area contributed by atoms with Crippen molar-refractivity contribution in [3.63, 3.8) is 0 Å². The average Bonchev–Trinajstić information content (AvgIpc) is 2.73. The van der Waals surface area contributed by atoms with Gasteiger partial charge in [-0.3, -0.25) is 0 Å². The van der Waals surface area contributed by atoms with Crippen LogP contribution in [0.3, 0.4) is 0 Å². The molecule has 0 aliphatic heterocycles. The Hall–Kier alpha value is -2.03. The molecule has 0 aliphatic rings. The normalized spacial score (nSPS) is 11.0. The molecule has 0 bridgehead atoms. The number of aryl methyl sites for hydroxylation is 2. The van der Waals surface area contributed by atoms with E-state index in [1.165, 1.54) is 5.56 Å². The first-order valence-electron chi connectivity index (χ1n) is 6.44. The van der Waals surface area contributed by atoms with Crippen LogP contribution in [-0.4, -0.2) is 15.6 Å². The fraction of sp³-hybridized carbons (Fsp3) is 0.312. The topological polar surface area (TPSA) is 42.2 Å². The van der Waals surface area contributed by atoms with Crippen molar-refractivity contribution >= 4 is 5.97 Å². The summed E-state index contributed by atoms with van der Waals surface area (Å²) in [4.78, 5) is 11.3. The number of carboxylic acid groups (broad SMARTS) is 1. The van der Waals surface area contributed by atoms with Gasteiger partial charge in [-0.2, -0.15) is 0 Å². The molecule has 1 N–H and O–H groups in total. The van der Waals surface area contributed by atoms with Gasteiger partial charge in [0.25, 0.3) is 0 Å². The monoisotopic (exact) mass is 257 g/mol. The Morgan fingerprint density at radius 1 is 1.16 bits per heavy atom. The molecule has 100 valence electrons. The molecule has 0 radical (unpaired) electrons. The maximum absolute atomic E-state index is 11.3. The first-order valence-corrected chi connectivity index (χ1v) is 6.44. The number of rotatable bonds is 3. The Morgan fingerprint density at radius 3 is 2.37 bits per heavy atom. The summed E-state index contributed by atoms with van der Waals surface area (Å²) in [6.07, 6.45) is 0. The average molecular weight is 257 g/mol. The van der Waals surface area contributed by atoms with Gasteiger partial charge in [-0.05, 0) is 45.4 Å². The Kier molecular flexibility index (Phi) is 3.47. The zero-order chi connectivity index (χ0) is 14.2. The van der Waals surface area contributed by atoms with Gasteiger partial charge >= 0.3 is 5.97 Å². The largest absolute Gasteiger partial charge is 0.477 e. The first kappa shape index (κ1) is 13.4. The van der Waals surface area contributed by atoms with Crippen molar-refractivity contribution in [2.45, 2.75) is 33.7 Å². The van der Waals surface area contributed by atoms with Crippen LogP contribution in [0.4, 0.5) is 0 Å². The molecule has 2 aromatic rings. The summed E-state index contributed by atoms with van der Waals surface area (Å²) in [5, 5.41) is 9.27. The van der Waals surface area contributed by atoms with Crippen LogP contribution >= 0.6 is 0 Å². The molecular formula is C16H19NO2. The minimum atomic E-state index is -0.885. The number of aromatic nitrogens is 1. The van der Waals surface area contributed by atoms with Crippen molar-refractivity contribution in [1.29, 1.82) is 0 Å². The van der Waals surface area contributed by atoms with Crippen LogP contribution in [0.1, 0.15) is 41.5 Å². The summed E-state index contributed by atoms with van der Waals surface area (Å²) < 4.78 is 1.88. The van der Waals surface area contributed by atoms with Gasteiger partial charge in [-0.1, -0.05) is 23.8 Å². The second-order valence-electron chi connectivity index (χ2n) is 5.19. The van der Waals surface area contributed by atoms with E-state index in [1.54, 1.807) is 6.07 Å². The highest BCUT2D eigenvalue weighted by atomic mass is 16.4. The first-order chi connectivity index (χ1) is 8.91. The van der Waals surface area contributed by atoms with E-state index in [2.05, 4.69) is 32.0 Å². The molecule has 1 aromatic carbocycles. The van der Waals surface area contributed by atoms with Crippen LogP contribution in [0.2, 0.25) is 0 Å². The molecule has 3 heteroatoms. The fourth-order valence-electron chi connectivity index (χ4n) is 2.50. The number of nitrogens with zero attached hydrogens (tertiary/aromatic N) is 1. The summed E-state index contributed by atoms with van der Waals surface area (Å²) in [6.45, 7) is 8.11. The molecule has 1 heterocycles. The van der Waals surface area contributed by atoms with E-state index >= 15 is 0 Å². The minimum Gasteiger partial charge on any atom is -0.477 e. The van der Waals surface area contributed by atoms with Crippen molar-refractivity contribution in [1.82, 2.24) is 4.57 Å². The quantitative estimate of drug-likeness (QED) is 0.901. The molecule has 0 saturated carbocycles. The number of hydrogen-bond donors (Lipinski definition) is 1. The Labute approximate surface area is 113 Å². The summed E-state index contributed by atoms with van der Waals surface area (Å²) in [5.41, 5.74) is 4.76. The molecule has 1 aromatic heterocycles. The van der Waals surface area contributed by atoms with Crippen LogP contribution in [0.25, 0.3) is 11.3 Å². The number of benzene rings is 1. The third kappa shape index (κ3) is 2.41. The second-order valence-corrected chi connectivity index (χ2v) is 5.19. The molecule has 0 aliphatic carbocycles. The van der Waals surface area contributed by atoms with Crippen LogP contribution in [0.5, 0.6) is 0 Å². The van der Waals surface area contributed by atoms with E-state index < -0.39 is 5.97 Å². The summed E-state index contributed by atoms with van der Waals surface area (Å²) >= 11 is 0. The molecule has 0 saturated heterocycles. The third-order valence-corrected chi connectivity index (χ3v) is 3.31. The molecule has 0 amide bonds. The highest BCUT2D eigenvalue weighted by Gasteiger charge is 2.18. The highest BCUT2D eigenvalue weighted by Crippen LogP contribution is 2.29. The van der Waals surface area contributed by atoms with Crippen molar-refractivity contribution in [3.05, 3.63) is 47.2 Å². The van der Waals surface area contributed by atoms with Crippen molar-refractivity contribution in [2.24, 2.45) is 0 Å². The standard InChI is InChI=1S/C16H19NO2/c1-10(2)17-14(7-8-15(17)16(18)19)13-6-5-11(3)9-12(13)4/h5-10H,1-4H3,(H,18,19). The smallest absolute Gasteiger partial charge is 0.352 e. The van der Waals surface area contributed by atoms with Gasteiger partial charge in [0.05, 0.1) is 0 Å². The van der Waals surface area contributed by atoms with Crippen LogP contribution in [0, 0.1) is 13.8 Å². The van der Waals surface area contributed by atoms with E-state index in [4.69, 9.17) is 0 Å². The minimum absolute atomic E-state index is 0.108. The molecule has 0 atom stereocenters. The van der Waals surface area contributed by atoms with Gasteiger partial charge < -0.3 is 9.67 Å². The zero-order valence-corrected chi connectivity index (χ0v) is 11.8. The highest BCUT2D eigenvalue weighted by molar-refractivity contribution is 5.87. The van der Waals surface area contributed by atoms with Crippen molar-refractivity contribution in [3.8, 4) is 11.3 Å². The number of carboxylic acids is 1. The van der Waals surface area contributed by atoms with Crippen LogP contribution in [0.15, 0.2) is 30.3 Å². The van der Waals surface area contributed by atoms with Crippen molar-refractivity contribution in [2.75, 3.05) is 0 Å².